The maximum Gasteiger partial charge on any atom is 0.326 e. The third kappa shape index (κ3) is 5.06. The lowest BCUT2D eigenvalue weighted by molar-refractivity contribution is -0.139. The highest BCUT2D eigenvalue weighted by Crippen LogP contribution is 2.16. The molecule has 1 aliphatic rings. The summed E-state index contributed by atoms with van der Waals surface area (Å²) in [7, 11) is 0. The fraction of sp³-hybridized carbons (Fsp3) is 0.846. The first-order chi connectivity index (χ1) is 8.71. The van der Waals surface area contributed by atoms with Gasteiger partial charge in [0.15, 0.2) is 0 Å². The van der Waals surface area contributed by atoms with Crippen molar-refractivity contribution in [1.29, 1.82) is 0 Å². The van der Waals surface area contributed by atoms with E-state index in [-0.39, 0.29) is 17.6 Å². The molecule has 0 aromatic carbocycles. The molecule has 0 unspecified atom stereocenters. The standard InChI is InChI=1S/C13H24N2O4/c1-9(2)7-10(11(16)17)14-12(18)15-5-6-19-13(3,4)8-15/h9-10H,5-8H2,1-4H3,(H,14,18)(H,16,17)/t10-/m0/s1. The first-order valence-electron chi connectivity index (χ1n) is 6.63. The summed E-state index contributed by atoms with van der Waals surface area (Å²) < 4.78 is 5.52. The van der Waals surface area contributed by atoms with E-state index in [4.69, 9.17) is 9.84 Å². The van der Waals surface area contributed by atoms with Crippen molar-refractivity contribution in [2.75, 3.05) is 19.7 Å². The molecule has 0 radical (unpaired) electrons. The van der Waals surface area contributed by atoms with Crippen LogP contribution in [-0.2, 0) is 9.53 Å². The third-order valence-electron chi connectivity index (χ3n) is 3.02. The fourth-order valence-electron chi connectivity index (χ4n) is 2.12. The predicted molar refractivity (Wildman–Crippen MR) is 71.0 cm³/mol. The maximum atomic E-state index is 12.1. The first kappa shape index (κ1) is 15.8. The van der Waals surface area contributed by atoms with Crippen molar-refractivity contribution in [3.8, 4) is 0 Å². The molecule has 19 heavy (non-hydrogen) atoms. The van der Waals surface area contributed by atoms with Crippen LogP contribution in [0.1, 0.15) is 34.1 Å². The van der Waals surface area contributed by atoms with Crippen LogP contribution in [0.15, 0.2) is 0 Å². The molecule has 1 heterocycles. The van der Waals surface area contributed by atoms with Gasteiger partial charge < -0.3 is 20.1 Å². The molecule has 0 aliphatic carbocycles. The third-order valence-corrected chi connectivity index (χ3v) is 3.02. The SMILES string of the molecule is CC(C)C[C@H](NC(=O)N1CCOC(C)(C)C1)C(=O)O. The van der Waals surface area contributed by atoms with E-state index in [0.29, 0.717) is 26.1 Å². The molecule has 2 amide bonds. The number of carbonyl (C=O) groups excluding carboxylic acids is 1. The topological polar surface area (TPSA) is 78.9 Å². The number of hydrogen-bond donors (Lipinski definition) is 2. The normalized spacial score (nSPS) is 20.2. The second-order valence-corrected chi connectivity index (χ2v) is 6.00. The van der Waals surface area contributed by atoms with Gasteiger partial charge in [0.05, 0.1) is 18.8 Å². The summed E-state index contributed by atoms with van der Waals surface area (Å²) in [6.45, 7) is 9.11. The van der Waals surface area contributed by atoms with Crippen molar-refractivity contribution < 1.29 is 19.4 Å². The van der Waals surface area contributed by atoms with Gasteiger partial charge in [-0.15, -0.1) is 0 Å². The molecule has 2 N–H and O–H groups in total. The lowest BCUT2D eigenvalue weighted by atomic mass is 10.0. The minimum Gasteiger partial charge on any atom is -0.480 e. The molecule has 1 fully saturated rings. The molecular formula is C13H24N2O4. The molecule has 0 aromatic rings. The van der Waals surface area contributed by atoms with E-state index >= 15 is 0 Å². The Morgan fingerprint density at radius 3 is 2.53 bits per heavy atom. The minimum atomic E-state index is -0.991. The van der Waals surface area contributed by atoms with E-state index < -0.39 is 12.0 Å². The van der Waals surface area contributed by atoms with E-state index in [1.54, 1.807) is 4.90 Å². The summed E-state index contributed by atoms with van der Waals surface area (Å²) in [5, 5.41) is 11.7. The Bertz CT molecular complexity index is 342. The minimum absolute atomic E-state index is 0.211. The predicted octanol–water partition coefficient (Wildman–Crippen LogP) is 1.31. The molecule has 1 aliphatic heterocycles. The van der Waals surface area contributed by atoms with Crippen LogP contribution >= 0.6 is 0 Å². The summed E-state index contributed by atoms with van der Waals surface area (Å²) in [5.74, 6) is -0.780. The number of carboxylic acid groups (broad SMARTS) is 1. The molecule has 110 valence electrons. The van der Waals surface area contributed by atoms with Crippen LogP contribution in [-0.4, -0.2) is 53.3 Å². The van der Waals surface area contributed by atoms with Gasteiger partial charge in [0.1, 0.15) is 6.04 Å². The average Bonchev–Trinajstić information content (AvgIpc) is 2.25. The number of carboxylic acids is 1. The van der Waals surface area contributed by atoms with Gasteiger partial charge in [0.2, 0.25) is 0 Å². The molecule has 1 saturated heterocycles. The van der Waals surface area contributed by atoms with Crippen molar-refractivity contribution in [2.45, 2.75) is 45.8 Å². The highest BCUT2D eigenvalue weighted by molar-refractivity contribution is 5.82. The van der Waals surface area contributed by atoms with Gasteiger partial charge in [0.25, 0.3) is 0 Å². The van der Waals surface area contributed by atoms with E-state index in [0.717, 1.165) is 0 Å². The number of morpholine rings is 1. The number of ether oxygens (including phenoxy) is 1. The van der Waals surface area contributed by atoms with Gasteiger partial charge in [-0.3, -0.25) is 0 Å². The number of nitrogens with one attached hydrogen (secondary N) is 1. The van der Waals surface area contributed by atoms with Crippen molar-refractivity contribution in [1.82, 2.24) is 10.2 Å². The Hall–Kier alpha value is -1.30. The molecular weight excluding hydrogens is 248 g/mol. The lowest BCUT2D eigenvalue weighted by Crippen LogP contribution is -2.56. The Morgan fingerprint density at radius 2 is 2.05 bits per heavy atom. The van der Waals surface area contributed by atoms with Crippen LogP contribution in [0.4, 0.5) is 4.79 Å². The van der Waals surface area contributed by atoms with Crippen LogP contribution < -0.4 is 5.32 Å². The van der Waals surface area contributed by atoms with Crippen molar-refractivity contribution in [2.24, 2.45) is 5.92 Å². The molecule has 1 rings (SSSR count). The zero-order valence-corrected chi connectivity index (χ0v) is 12.1. The van der Waals surface area contributed by atoms with Gasteiger partial charge in [0, 0.05) is 6.54 Å². The molecule has 0 spiro atoms. The van der Waals surface area contributed by atoms with Crippen molar-refractivity contribution in [3.63, 3.8) is 0 Å². The number of urea groups is 1. The first-order valence-corrected chi connectivity index (χ1v) is 6.63. The van der Waals surface area contributed by atoms with Crippen LogP contribution in [0.2, 0.25) is 0 Å². The van der Waals surface area contributed by atoms with Crippen LogP contribution in [0.3, 0.4) is 0 Å². The number of hydrogen-bond acceptors (Lipinski definition) is 3. The van der Waals surface area contributed by atoms with E-state index in [9.17, 15) is 9.59 Å². The average molecular weight is 272 g/mol. The van der Waals surface area contributed by atoms with Gasteiger partial charge in [-0.05, 0) is 26.2 Å². The summed E-state index contributed by atoms with van der Waals surface area (Å²) in [6, 6.07) is -1.16. The number of carbonyl (C=O) groups is 2. The second kappa shape index (κ2) is 6.23. The number of rotatable bonds is 4. The molecule has 6 nitrogen and oxygen atoms in total. The Morgan fingerprint density at radius 1 is 1.42 bits per heavy atom. The van der Waals surface area contributed by atoms with Crippen molar-refractivity contribution >= 4 is 12.0 Å². The zero-order valence-electron chi connectivity index (χ0n) is 12.1. The van der Waals surface area contributed by atoms with E-state index in [1.807, 2.05) is 27.7 Å². The van der Waals surface area contributed by atoms with Crippen molar-refractivity contribution in [3.05, 3.63) is 0 Å². The van der Waals surface area contributed by atoms with Gasteiger partial charge in [-0.1, -0.05) is 13.8 Å². The molecule has 1 atom stereocenters. The lowest BCUT2D eigenvalue weighted by Gasteiger charge is -2.38. The van der Waals surface area contributed by atoms with Gasteiger partial charge in [-0.2, -0.15) is 0 Å². The molecule has 0 bridgehead atoms. The fourth-order valence-corrected chi connectivity index (χ4v) is 2.12. The monoisotopic (exact) mass is 272 g/mol. The Balaban J connectivity index is 2.59. The van der Waals surface area contributed by atoms with Crippen LogP contribution in [0, 0.1) is 5.92 Å². The number of amides is 2. The Labute approximate surface area is 114 Å². The summed E-state index contributed by atoms with van der Waals surface area (Å²) in [5.41, 5.74) is -0.383. The summed E-state index contributed by atoms with van der Waals surface area (Å²) in [6.07, 6.45) is 0.425. The van der Waals surface area contributed by atoms with Crippen LogP contribution in [0.25, 0.3) is 0 Å². The number of aliphatic carboxylic acids is 1. The van der Waals surface area contributed by atoms with Gasteiger partial charge >= 0.3 is 12.0 Å². The van der Waals surface area contributed by atoms with Gasteiger partial charge in [-0.25, -0.2) is 9.59 Å². The second-order valence-electron chi connectivity index (χ2n) is 6.00. The number of nitrogens with zero attached hydrogens (tertiary/aromatic N) is 1. The maximum absolute atomic E-state index is 12.1. The summed E-state index contributed by atoms with van der Waals surface area (Å²) in [4.78, 5) is 24.8. The highest BCUT2D eigenvalue weighted by Gasteiger charge is 2.31. The molecule has 6 heteroatoms. The zero-order chi connectivity index (χ0) is 14.6. The Kier molecular flexibility index (Phi) is 5.17. The largest absolute Gasteiger partial charge is 0.480 e. The van der Waals surface area contributed by atoms with Crippen LogP contribution in [0.5, 0.6) is 0 Å². The molecule has 0 aromatic heterocycles. The smallest absolute Gasteiger partial charge is 0.326 e. The van der Waals surface area contributed by atoms with E-state index in [2.05, 4.69) is 5.32 Å². The molecule has 0 saturated carbocycles. The highest BCUT2D eigenvalue weighted by atomic mass is 16.5. The summed E-state index contributed by atoms with van der Waals surface area (Å²) >= 11 is 0. The van der Waals surface area contributed by atoms with E-state index in [1.165, 1.54) is 0 Å². The quantitative estimate of drug-likeness (QED) is 0.808.